The topological polar surface area (TPSA) is 30.5 Å². The number of ether oxygens (including phenoxy) is 2. The average molecular weight is 277 g/mol. The van der Waals surface area contributed by atoms with Crippen molar-refractivity contribution in [3.63, 3.8) is 0 Å². The molecule has 0 aliphatic heterocycles. The second-order valence-electron chi connectivity index (χ2n) is 5.51. The Kier molecular flexibility index (Phi) is 6.89. The molecular formula is C17H27NO2. The Balaban J connectivity index is 1.62. The number of rotatable bonds is 7. The first-order valence-corrected chi connectivity index (χ1v) is 7.86. The Labute approximate surface area is 122 Å². The summed E-state index contributed by atoms with van der Waals surface area (Å²) in [6, 6.07) is 8.24. The van der Waals surface area contributed by atoms with Crippen molar-refractivity contribution in [1.29, 1.82) is 0 Å². The Bertz CT molecular complexity index is 356. The first-order valence-electron chi connectivity index (χ1n) is 7.86. The summed E-state index contributed by atoms with van der Waals surface area (Å²) >= 11 is 0. The van der Waals surface area contributed by atoms with E-state index in [0.717, 1.165) is 12.3 Å². The van der Waals surface area contributed by atoms with Crippen LogP contribution < -0.4 is 10.1 Å². The predicted molar refractivity (Wildman–Crippen MR) is 82.1 cm³/mol. The van der Waals surface area contributed by atoms with Crippen molar-refractivity contribution in [2.45, 2.75) is 51.2 Å². The van der Waals surface area contributed by atoms with E-state index in [4.69, 9.17) is 9.47 Å². The van der Waals surface area contributed by atoms with Gasteiger partial charge >= 0.3 is 0 Å². The van der Waals surface area contributed by atoms with Crippen molar-refractivity contribution in [3.8, 4) is 5.75 Å². The lowest BCUT2D eigenvalue weighted by Crippen LogP contribution is -2.16. The number of hydrogen-bond acceptors (Lipinski definition) is 3. The molecule has 2 rings (SSSR count). The van der Waals surface area contributed by atoms with Crippen LogP contribution in [0.25, 0.3) is 0 Å². The van der Waals surface area contributed by atoms with E-state index >= 15 is 0 Å². The molecule has 20 heavy (non-hydrogen) atoms. The largest absolute Gasteiger partial charge is 0.491 e. The van der Waals surface area contributed by atoms with Gasteiger partial charge in [-0.25, -0.2) is 0 Å². The number of benzene rings is 1. The van der Waals surface area contributed by atoms with Crippen LogP contribution in [0.15, 0.2) is 24.3 Å². The molecule has 0 heterocycles. The first kappa shape index (κ1) is 15.3. The summed E-state index contributed by atoms with van der Waals surface area (Å²) in [5.41, 5.74) is 1.27. The summed E-state index contributed by atoms with van der Waals surface area (Å²) in [4.78, 5) is 0. The van der Waals surface area contributed by atoms with Gasteiger partial charge in [0.05, 0.1) is 12.7 Å². The Morgan fingerprint density at radius 1 is 1.00 bits per heavy atom. The van der Waals surface area contributed by atoms with Crippen molar-refractivity contribution < 1.29 is 9.47 Å². The Hall–Kier alpha value is -1.06. The molecule has 3 heteroatoms. The quantitative estimate of drug-likeness (QED) is 0.611. The normalized spacial score (nSPS) is 16.9. The molecule has 3 nitrogen and oxygen atoms in total. The van der Waals surface area contributed by atoms with Gasteiger partial charge in [-0.15, -0.1) is 0 Å². The lowest BCUT2D eigenvalue weighted by molar-refractivity contribution is 0.0254. The molecule has 0 amide bonds. The maximum absolute atomic E-state index is 5.91. The highest BCUT2D eigenvalue weighted by atomic mass is 16.5. The molecule has 0 radical (unpaired) electrons. The minimum absolute atomic E-state index is 0.458. The number of hydrogen-bond donors (Lipinski definition) is 1. The van der Waals surface area contributed by atoms with Crippen molar-refractivity contribution in [3.05, 3.63) is 29.8 Å². The van der Waals surface area contributed by atoms with Gasteiger partial charge in [0.1, 0.15) is 12.4 Å². The van der Waals surface area contributed by atoms with Gasteiger partial charge < -0.3 is 14.8 Å². The average Bonchev–Trinajstić information content (AvgIpc) is 2.74. The van der Waals surface area contributed by atoms with E-state index in [-0.39, 0.29) is 0 Å². The van der Waals surface area contributed by atoms with Gasteiger partial charge in [0.15, 0.2) is 0 Å². The first-order chi connectivity index (χ1) is 9.88. The maximum atomic E-state index is 5.91. The van der Waals surface area contributed by atoms with Crippen LogP contribution in [-0.4, -0.2) is 26.4 Å². The Morgan fingerprint density at radius 3 is 2.35 bits per heavy atom. The molecule has 1 aliphatic rings. The highest BCUT2D eigenvalue weighted by Gasteiger charge is 2.12. The van der Waals surface area contributed by atoms with Crippen LogP contribution in [0.4, 0.5) is 0 Å². The third-order valence-corrected chi connectivity index (χ3v) is 3.81. The molecule has 0 atom stereocenters. The molecule has 1 N–H and O–H groups in total. The molecule has 0 aromatic heterocycles. The molecule has 1 fully saturated rings. The Morgan fingerprint density at radius 2 is 1.70 bits per heavy atom. The summed E-state index contributed by atoms with van der Waals surface area (Å²) < 4.78 is 11.6. The third kappa shape index (κ3) is 5.51. The third-order valence-electron chi connectivity index (χ3n) is 3.81. The van der Waals surface area contributed by atoms with E-state index in [0.29, 0.717) is 19.3 Å². The van der Waals surface area contributed by atoms with Crippen LogP contribution in [0.3, 0.4) is 0 Å². The highest BCUT2D eigenvalue weighted by molar-refractivity contribution is 5.27. The minimum atomic E-state index is 0.458. The van der Waals surface area contributed by atoms with Crippen LogP contribution in [0, 0.1) is 0 Å². The van der Waals surface area contributed by atoms with E-state index in [9.17, 15) is 0 Å². The predicted octanol–water partition coefficient (Wildman–Crippen LogP) is 3.52. The molecule has 1 aliphatic carbocycles. The fraction of sp³-hybridized carbons (Fsp3) is 0.647. The fourth-order valence-electron chi connectivity index (χ4n) is 2.69. The monoisotopic (exact) mass is 277 g/mol. The van der Waals surface area contributed by atoms with E-state index in [1.807, 2.05) is 19.2 Å². The van der Waals surface area contributed by atoms with Crippen LogP contribution >= 0.6 is 0 Å². The van der Waals surface area contributed by atoms with E-state index < -0.39 is 0 Å². The van der Waals surface area contributed by atoms with Gasteiger partial charge in [-0.2, -0.15) is 0 Å². The number of nitrogens with one attached hydrogen (secondary N) is 1. The van der Waals surface area contributed by atoms with Crippen molar-refractivity contribution in [1.82, 2.24) is 5.32 Å². The van der Waals surface area contributed by atoms with Gasteiger partial charge in [-0.05, 0) is 37.6 Å². The second kappa shape index (κ2) is 8.98. The van der Waals surface area contributed by atoms with Gasteiger partial charge in [0, 0.05) is 6.54 Å². The van der Waals surface area contributed by atoms with E-state index in [1.54, 1.807) is 0 Å². The SMILES string of the molecule is CNCc1ccc(OCCOC2CCCCCC2)cc1. The standard InChI is InChI=1S/C17H27NO2/c1-18-14-15-8-10-17(11-9-15)20-13-12-19-16-6-4-2-3-5-7-16/h8-11,16,18H,2-7,12-14H2,1H3. The molecule has 1 aromatic rings. The molecule has 112 valence electrons. The zero-order chi connectivity index (χ0) is 14.0. The van der Waals surface area contributed by atoms with Crippen LogP contribution in [0.2, 0.25) is 0 Å². The van der Waals surface area contributed by atoms with Crippen LogP contribution in [0.5, 0.6) is 5.75 Å². The molecule has 1 aromatic carbocycles. The summed E-state index contributed by atoms with van der Waals surface area (Å²) in [6.07, 6.45) is 8.28. The van der Waals surface area contributed by atoms with Crippen molar-refractivity contribution in [2.75, 3.05) is 20.3 Å². The van der Waals surface area contributed by atoms with Crippen LogP contribution in [0.1, 0.15) is 44.1 Å². The van der Waals surface area contributed by atoms with Crippen molar-refractivity contribution >= 4 is 0 Å². The lowest BCUT2D eigenvalue weighted by Gasteiger charge is -2.15. The molecular weight excluding hydrogens is 250 g/mol. The zero-order valence-electron chi connectivity index (χ0n) is 12.6. The summed E-state index contributed by atoms with van der Waals surface area (Å²) in [5, 5.41) is 3.14. The molecule has 0 spiro atoms. The molecule has 0 bridgehead atoms. The summed E-state index contributed by atoms with van der Waals surface area (Å²) in [6.45, 7) is 2.23. The van der Waals surface area contributed by atoms with E-state index in [2.05, 4.69) is 17.4 Å². The highest BCUT2D eigenvalue weighted by Crippen LogP contribution is 2.19. The molecule has 0 saturated heterocycles. The van der Waals surface area contributed by atoms with Crippen LogP contribution in [-0.2, 0) is 11.3 Å². The van der Waals surface area contributed by atoms with Gasteiger partial charge in [-0.1, -0.05) is 37.8 Å². The lowest BCUT2D eigenvalue weighted by atomic mass is 10.1. The summed E-state index contributed by atoms with van der Waals surface area (Å²) in [7, 11) is 1.95. The van der Waals surface area contributed by atoms with Gasteiger partial charge in [-0.3, -0.25) is 0 Å². The van der Waals surface area contributed by atoms with Gasteiger partial charge in [0.2, 0.25) is 0 Å². The zero-order valence-corrected chi connectivity index (χ0v) is 12.6. The van der Waals surface area contributed by atoms with Gasteiger partial charge in [0.25, 0.3) is 0 Å². The minimum Gasteiger partial charge on any atom is -0.491 e. The molecule has 1 saturated carbocycles. The smallest absolute Gasteiger partial charge is 0.119 e. The maximum Gasteiger partial charge on any atom is 0.119 e. The molecule has 0 unspecified atom stereocenters. The fourth-order valence-corrected chi connectivity index (χ4v) is 2.69. The second-order valence-corrected chi connectivity index (χ2v) is 5.51. The van der Waals surface area contributed by atoms with Crippen molar-refractivity contribution in [2.24, 2.45) is 0 Å². The summed E-state index contributed by atoms with van der Waals surface area (Å²) in [5.74, 6) is 0.925. The van der Waals surface area contributed by atoms with E-state index in [1.165, 1.54) is 44.1 Å².